The third-order valence-corrected chi connectivity index (χ3v) is 8.81. The molecule has 0 atom stereocenters. The number of nitrogens with zero attached hydrogens (tertiary/aromatic N) is 1. The molecule has 2 aromatic heterocycles. The van der Waals surface area contributed by atoms with Gasteiger partial charge in [0.25, 0.3) is 0 Å². The average Bonchev–Trinajstić information content (AvgIpc) is 3.05. The molecule has 0 bridgehead atoms. The van der Waals surface area contributed by atoms with Crippen molar-refractivity contribution in [3.05, 3.63) is 21.5 Å². The first-order valence-corrected chi connectivity index (χ1v) is 11.4. The summed E-state index contributed by atoms with van der Waals surface area (Å²) >= 11 is 3.13. The number of thiazole rings is 1. The maximum atomic E-state index is 12.8. The summed E-state index contributed by atoms with van der Waals surface area (Å²) in [5, 5.41) is 0.908. The number of sulfonamides is 1. The molecule has 0 unspecified atom stereocenters. The van der Waals surface area contributed by atoms with Crippen LogP contribution in [0.4, 0.5) is 0 Å². The van der Waals surface area contributed by atoms with Crippen LogP contribution < -0.4 is 4.72 Å². The van der Waals surface area contributed by atoms with Gasteiger partial charge in [-0.25, -0.2) is 18.1 Å². The van der Waals surface area contributed by atoms with Crippen molar-refractivity contribution < 1.29 is 8.42 Å². The zero-order chi connectivity index (χ0) is 17.5. The molecule has 1 aliphatic carbocycles. The second kappa shape index (κ2) is 6.86. The van der Waals surface area contributed by atoms with Crippen molar-refractivity contribution >= 4 is 32.7 Å². The highest BCUT2D eigenvalue weighted by Gasteiger charge is 2.27. The summed E-state index contributed by atoms with van der Waals surface area (Å²) in [7, 11) is -3.46. The summed E-state index contributed by atoms with van der Waals surface area (Å²) in [4.78, 5) is 7.90. The van der Waals surface area contributed by atoms with Crippen molar-refractivity contribution in [2.24, 2.45) is 5.92 Å². The van der Waals surface area contributed by atoms with Gasteiger partial charge in [-0.05, 0) is 58.4 Å². The number of rotatable bonds is 4. The Morgan fingerprint density at radius 1 is 1.08 bits per heavy atom. The first kappa shape index (κ1) is 18.0. The van der Waals surface area contributed by atoms with Crippen LogP contribution in [-0.4, -0.2) is 19.4 Å². The van der Waals surface area contributed by atoms with Gasteiger partial charge in [0.15, 0.2) is 0 Å². The molecule has 0 aliphatic heterocycles. The molecule has 132 valence electrons. The van der Waals surface area contributed by atoms with Gasteiger partial charge in [0.2, 0.25) is 10.0 Å². The minimum Gasteiger partial charge on any atom is -0.240 e. The second-order valence-electron chi connectivity index (χ2n) is 6.77. The van der Waals surface area contributed by atoms with Crippen LogP contribution in [0, 0.1) is 26.7 Å². The lowest BCUT2D eigenvalue weighted by Gasteiger charge is -2.26. The Hall–Kier alpha value is -0.760. The van der Waals surface area contributed by atoms with Gasteiger partial charge in [0, 0.05) is 15.8 Å². The molecule has 3 rings (SSSR count). The van der Waals surface area contributed by atoms with E-state index in [9.17, 15) is 8.42 Å². The number of nitrogens with one attached hydrogen (secondary N) is 1. The minimum absolute atomic E-state index is 0.0679. The Labute approximate surface area is 152 Å². The highest BCUT2D eigenvalue weighted by atomic mass is 32.2. The maximum absolute atomic E-state index is 12.8. The summed E-state index contributed by atoms with van der Waals surface area (Å²) in [6, 6.07) is 1.85. The van der Waals surface area contributed by atoms with Gasteiger partial charge in [-0.15, -0.1) is 22.7 Å². The standard InChI is InChI=1S/C17H24N2O2S3/c1-10-5-7-14(8-6-10)19-24(20,21)16-9-15(22-13(16)4)17-18-11(2)12(3)23-17/h9-10,14,19H,5-8H2,1-4H3. The number of hydrogen-bond donors (Lipinski definition) is 1. The lowest BCUT2D eigenvalue weighted by atomic mass is 9.88. The van der Waals surface area contributed by atoms with E-state index in [1.54, 1.807) is 17.4 Å². The second-order valence-corrected chi connectivity index (χ2v) is 10.9. The van der Waals surface area contributed by atoms with E-state index in [1.165, 1.54) is 16.2 Å². The normalized spacial score (nSPS) is 22.0. The Morgan fingerprint density at radius 3 is 2.33 bits per heavy atom. The van der Waals surface area contributed by atoms with Crippen LogP contribution in [0.5, 0.6) is 0 Å². The Balaban J connectivity index is 1.83. The van der Waals surface area contributed by atoms with Gasteiger partial charge in [-0.1, -0.05) is 6.92 Å². The van der Waals surface area contributed by atoms with Crippen molar-refractivity contribution in [2.45, 2.75) is 64.3 Å². The Morgan fingerprint density at radius 2 is 1.75 bits per heavy atom. The van der Waals surface area contributed by atoms with Gasteiger partial charge >= 0.3 is 0 Å². The minimum atomic E-state index is -3.46. The van der Waals surface area contributed by atoms with E-state index in [0.29, 0.717) is 10.8 Å². The van der Waals surface area contributed by atoms with Crippen molar-refractivity contribution in [1.82, 2.24) is 9.71 Å². The summed E-state index contributed by atoms with van der Waals surface area (Å²) in [6.07, 6.45) is 4.06. The molecule has 1 aliphatic rings. The molecular weight excluding hydrogens is 360 g/mol. The molecule has 0 spiro atoms. The molecule has 0 amide bonds. The van der Waals surface area contributed by atoms with Crippen LogP contribution in [-0.2, 0) is 10.0 Å². The predicted molar refractivity (Wildman–Crippen MR) is 101 cm³/mol. The fourth-order valence-corrected chi connectivity index (χ4v) is 6.93. The van der Waals surface area contributed by atoms with Gasteiger partial charge in [0.05, 0.1) is 15.5 Å². The molecule has 1 fully saturated rings. The summed E-state index contributed by atoms with van der Waals surface area (Å²) in [6.45, 7) is 8.14. The fourth-order valence-electron chi connectivity index (χ4n) is 3.08. The zero-order valence-corrected chi connectivity index (χ0v) is 17.0. The van der Waals surface area contributed by atoms with E-state index < -0.39 is 10.0 Å². The maximum Gasteiger partial charge on any atom is 0.241 e. The van der Waals surface area contributed by atoms with Crippen LogP contribution in [0.25, 0.3) is 9.88 Å². The summed E-state index contributed by atoms with van der Waals surface area (Å²) in [5.74, 6) is 0.705. The van der Waals surface area contributed by atoms with Crippen LogP contribution >= 0.6 is 22.7 Å². The predicted octanol–water partition coefficient (Wildman–Crippen LogP) is 4.65. The van der Waals surface area contributed by atoms with E-state index >= 15 is 0 Å². The van der Waals surface area contributed by atoms with Gasteiger partial charge < -0.3 is 0 Å². The van der Waals surface area contributed by atoms with Crippen molar-refractivity contribution in [3.8, 4) is 9.88 Å². The third kappa shape index (κ3) is 3.74. The molecule has 1 N–H and O–H groups in total. The average molecular weight is 385 g/mol. The van der Waals surface area contributed by atoms with Crippen LogP contribution in [0.2, 0.25) is 0 Å². The molecule has 0 aromatic carbocycles. The number of aromatic nitrogens is 1. The topological polar surface area (TPSA) is 59.1 Å². The van der Waals surface area contributed by atoms with Gasteiger partial charge in [0.1, 0.15) is 5.01 Å². The van der Waals surface area contributed by atoms with E-state index in [4.69, 9.17) is 0 Å². The quantitative estimate of drug-likeness (QED) is 0.834. The first-order chi connectivity index (χ1) is 11.3. The first-order valence-electron chi connectivity index (χ1n) is 8.33. The Bertz CT molecular complexity index is 809. The SMILES string of the molecule is Cc1nc(-c2cc(S(=O)(=O)NC3CCC(C)CC3)c(C)s2)sc1C. The monoisotopic (exact) mass is 384 g/mol. The molecule has 7 heteroatoms. The molecule has 0 saturated heterocycles. The zero-order valence-electron chi connectivity index (χ0n) is 14.5. The van der Waals surface area contributed by atoms with Gasteiger partial charge in [-0.2, -0.15) is 0 Å². The molecule has 2 heterocycles. The largest absolute Gasteiger partial charge is 0.241 e. The van der Waals surface area contributed by atoms with E-state index in [0.717, 1.165) is 46.1 Å². The van der Waals surface area contributed by atoms with Crippen LogP contribution in [0.3, 0.4) is 0 Å². The van der Waals surface area contributed by atoms with E-state index in [-0.39, 0.29) is 6.04 Å². The summed E-state index contributed by atoms with van der Waals surface area (Å²) in [5.41, 5.74) is 1.01. The number of aryl methyl sites for hydroxylation is 3. The fraction of sp³-hybridized carbons (Fsp3) is 0.588. The van der Waals surface area contributed by atoms with Crippen molar-refractivity contribution in [2.75, 3.05) is 0 Å². The molecule has 24 heavy (non-hydrogen) atoms. The highest BCUT2D eigenvalue weighted by Crippen LogP contribution is 2.37. The molecule has 1 saturated carbocycles. The lowest BCUT2D eigenvalue weighted by Crippen LogP contribution is -2.37. The Kier molecular flexibility index (Phi) is 5.16. The molecule has 4 nitrogen and oxygen atoms in total. The summed E-state index contributed by atoms with van der Waals surface area (Å²) < 4.78 is 28.5. The number of thiophene rings is 1. The molecule has 0 radical (unpaired) electrons. The molecular formula is C17H24N2O2S3. The lowest BCUT2D eigenvalue weighted by molar-refractivity contribution is 0.332. The number of hydrogen-bond acceptors (Lipinski definition) is 5. The van der Waals surface area contributed by atoms with Gasteiger partial charge in [-0.3, -0.25) is 0 Å². The van der Waals surface area contributed by atoms with Crippen molar-refractivity contribution in [3.63, 3.8) is 0 Å². The van der Waals surface area contributed by atoms with Crippen LogP contribution in [0.1, 0.15) is 48.1 Å². The van der Waals surface area contributed by atoms with E-state index in [1.807, 2.05) is 20.8 Å². The highest BCUT2D eigenvalue weighted by molar-refractivity contribution is 7.89. The molecule has 2 aromatic rings. The van der Waals surface area contributed by atoms with Crippen molar-refractivity contribution in [1.29, 1.82) is 0 Å². The van der Waals surface area contributed by atoms with Crippen LogP contribution in [0.15, 0.2) is 11.0 Å². The smallest absolute Gasteiger partial charge is 0.240 e. The van der Waals surface area contributed by atoms with E-state index in [2.05, 4.69) is 16.6 Å². The third-order valence-electron chi connectivity index (χ3n) is 4.74.